The number of nitrogens with two attached hydrogens (primary N) is 1. The number of benzene rings is 1. The SMILES string of the molecule is C#CC(Cc1cc(C)ccc1C)NN. The number of terminal acetylenes is 1. The molecule has 0 saturated carbocycles. The van der Waals surface area contributed by atoms with Crippen molar-refractivity contribution in [2.24, 2.45) is 5.84 Å². The van der Waals surface area contributed by atoms with Crippen LogP contribution in [0.15, 0.2) is 18.2 Å². The third-order valence-electron chi connectivity index (χ3n) is 2.33. The lowest BCUT2D eigenvalue weighted by molar-refractivity contribution is 0.632. The summed E-state index contributed by atoms with van der Waals surface area (Å²) in [5.74, 6) is 7.94. The van der Waals surface area contributed by atoms with E-state index in [1.165, 1.54) is 16.7 Å². The maximum atomic E-state index is 5.33. The van der Waals surface area contributed by atoms with Gasteiger partial charge in [-0.3, -0.25) is 5.84 Å². The smallest absolute Gasteiger partial charge is 0.0855 e. The molecular formula is C12H16N2. The third-order valence-corrected chi connectivity index (χ3v) is 2.33. The van der Waals surface area contributed by atoms with E-state index in [4.69, 9.17) is 12.3 Å². The van der Waals surface area contributed by atoms with Gasteiger partial charge in [-0.05, 0) is 25.0 Å². The highest BCUT2D eigenvalue weighted by Crippen LogP contribution is 2.12. The van der Waals surface area contributed by atoms with Crippen molar-refractivity contribution < 1.29 is 0 Å². The molecular weight excluding hydrogens is 172 g/mol. The zero-order valence-corrected chi connectivity index (χ0v) is 8.67. The largest absolute Gasteiger partial charge is 0.270 e. The van der Waals surface area contributed by atoms with Gasteiger partial charge in [-0.15, -0.1) is 6.42 Å². The normalized spacial score (nSPS) is 12.1. The highest BCUT2D eigenvalue weighted by atomic mass is 15.2. The van der Waals surface area contributed by atoms with Gasteiger partial charge < -0.3 is 0 Å². The Morgan fingerprint density at radius 2 is 2.21 bits per heavy atom. The molecule has 0 radical (unpaired) electrons. The third kappa shape index (κ3) is 2.59. The van der Waals surface area contributed by atoms with Crippen molar-refractivity contribution >= 4 is 0 Å². The van der Waals surface area contributed by atoms with E-state index in [0.29, 0.717) is 0 Å². The summed E-state index contributed by atoms with van der Waals surface area (Å²) in [6, 6.07) is 6.27. The summed E-state index contributed by atoms with van der Waals surface area (Å²) in [5.41, 5.74) is 6.37. The number of hydrazine groups is 1. The summed E-state index contributed by atoms with van der Waals surface area (Å²) >= 11 is 0. The summed E-state index contributed by atoms with van der Waals surface area (Å²) in [4.78, 5) is 0. The van der Waals surface area contributed by atoms with Gasteiger partial charge in [0.15, 0.2) is 0 Å². The lowest BCUT2D eigenvalue weighted by atomic mass is 9.99. The first-order valence-corrected chi connectivity index (χ1v) is 4.65. The molecule has 0 bridgehead atoms. The lowest BCUT2D eigenvalue weighted by Crippen LogP contribution is -2.35. The van der Waals surface area contributed by atoms with Crippen LogP contribution in [0.2, 0.25) is 0 Å². The summed E-state index contributed by atoms with van der Waals surface area (Å²) in [6.07, 6.45) is 6.11. The van der Waals surface area contributed by atoms with Gasteiger partial charge in [0.05, 0.1) is 6.04 Å². The molecule has 1 aromatic rings. The summed E-state index contributed by atoms with van der Waals surface area (Å²) in [7, 11) is 0. The van der Waals surface area contributed by atoms with E-state index in [0.717, 1.165) is 6.42 Å². The Morgan fingerprint density at radius 1 is 1.50 bits per heavy atom. The van der Waals surface area contributed by atoms with E-state index in [2.05, 4.69) is 43.4 Å². The molecule has 0 aromatic heterocycles. The van der Waals surface area contributed by atoms with Gasteiger partial charge >= 0.3 is 0 Å². The van der Waals surface area contributed by atoms with Crippen LogP contribution in [0.1, 0.15) is 16.7 Å². The van der Waals surface area contributed by atoms with Gasteiger partial charge in [0, 0.05) is 6.42 Å². The van der Waals surface area contributed by atoms with Gasteiger partial charge in [0.1, 0.15) is 0 Å². The predicted molar refractivity (Wildman–Crippen MR) is 59.6 cm³/mol. The van der Waals surface area contributed by atoms with Crippen LogP contribution >= 0.6 is 0 Å². The maximum absolute atomic E-state index is 5.33. The fraction of sp³-hybridized carbons (Fsp3) is 0.333. The van der Waals surface area contributed by atoms with Crippen LogP contribution < -0.4 is 11.3 Å². The van der Waals surface area contributed by atoms with Gasteiger partial charge in [0.2, 0.25) is 0 Å². The van der Waals surface area contributed by atoms with Crippen LogP contribution in [0, 0.1) is 26.2 Å². The van der Waals surface area contributed by atoms with Crippen molar-refractivity contribution in [3.63, 3.8) is 0 Å². The van der Waals surface area contributed by atoms with E-state index in [1.807, 2.05) is 0 Å². The zero-order valence-electron chi connectivity index (χ0n) is 8.67. The second-order valence-electron chi connectivity index (χ2n) is 3.52. The number of hydrogen-bond donors (Lipinski definition) is 2. The topological polar surface area (TPSA) is 38.0 Å². The molecule has 0 amide bonds. The van der Waals surface area contributed by atoms with Gasteiger partial charge in [-0.1, -0.05) is 29.7 Å². The molecule has 0 heterocycles. The molecule has 0 fully saturated rings. The predicted octanol–water partition coefficient (Wildman–Crippen LogP) is 1.31. The van der Waals surface area contributed by atoms with Crippen LogP contribution in [-0.4, -0.2) is 6.04 Å². The molecule has 1 aromatic carbocycles. The van der Waals surface area contributed by atoms with Crippen molar-refractivity contribution in [3.05, 3.63) is 34.9 Å². The highest BCUT2D eigenvalue weighted by molar-refractivity contribution is 5.32. The van der Waals surface area contributed by atoms with Crippen molar-refractivity contribution in [1.29, 1.82) is 0 Å². The summed E-state index contributed by atoms with van der Waals surface area (Å²) < 4.78 is 0. The highest BCUT2D eigenvalue weighted by Gasteiger charge is 2.05. The molecule has 0 aliphatic rings. The van der Waals surface area contributed by atoms with E-state index in [9.17, 15) is 0 Å². The van der Waals surface area contributed by atoms with Crippen molar-refractivity contribution in [2.45, 2.75) is 26.3 Å². The monoisotopic (exact) mass is 188 g/mol. The zero-order chi connectivity index (χ0) is 10.6. The first kappa shape index (κ1) is 10.8. The molecule has 0 saturated heterocycles. The Kier molecular flexibility index (Phi) is 3.70. The van der Waals surface area contributed by atoms with Crippen molar-refractivity contribution in [3.8, 4) is 12.3 Å². The van der Waals surface area contributed by atoms with Crippen LogP contribution in [-0.2, 0) is 6.42 Å². The van der Waals surface area contributed by atoms with Crippen LogP contribution in [0.3, 0.4) is 0 Å². The average molecular weight is 188 g/mol. The van der Waals surface area contributed by atoms with Crippen LogP contribution in [0.4, 0.5) is 0 Å². The number of nitrogens with one attached hydrogen (secondary N) is 1. The van der Waals surface area contributed by atoms with Gasteiger partial charge in [0.25, 0.3) is 0 Å². The van der Waals surface area contributed by atoms with Crippen LogP contribution in [0.5, 0.6) is 0 Å². The van der Waals surface area contributed by atoms with Gasteiger partial charge in [-0.25, -0.2) is 5.43 Å². The van der Waals surface area contributed by atoms with Crippen molar-refractivity contribution in [2.75, 3.05) is 0 Å². The molecule has 1 rings (SSSR count). The quantitative estimate of drug-likeness (QED) is 0.426. The molecule has 3 N–H and O–H groups in total. The Bertz CT molecular complexity index is 350. The summed E-state index contributed by atoms with van der Waals surface area (Å²) in [6.45, 7) is 4.16. The average Bonchev–Trinajstić information content (AvgIpc) is 2.19. The molecule has 14 heavy (non-hydrogen) atoms. The molecule has 0 aliphatic heterocycles. The first-order valence-electron chi connectivity index (χ1n) is 4.65. The van der Waals surface area contributed by atoms with E-state index in [-0.39, 0.29) is 6.04 Å². The second kappa shape index (κ2) is 4.80. The number of rotatable bonds is 3. The Balaban J connectivity index is 2.86. The van der Waals surface area contributed by atoms with E-state index in [1.54, 1.807) is 0 Å². The molecule has 0 spiro atoms. The minimum absolute atomic E-state index is 0.0875. The van der Waals surface area contributed by atoms with E-state index < -0.39 is 0 Å². The second-order valence-corrected chi connectivity index (χ2v) is 3.52. The lowest BCUT2D eigenvalue weighted by Gasteiger charge is -2.11. The van der Waals surface area contributed by atoms with E-state index >= 15 is 0 Å². The molecule has 1 atom stereocenters. The molecule has 0 aliphatic carbocycles. The number of hydrogen-bond acceptors (Lipinski definition) is 2. The minimum Gasteiger partial charge on any atom is -0.270 e. The first-order chi connectivity index (χ1) is 6.67. The number of aryl methyl sites for hydroxylation is 2. The Morgan fingerprint density at radius 3 is 2.79 bits per heavy atom. The molecule has 2 nitrogen and oxygen atoms in total. The maximum Gasteiger partial charge on any atom is 0.0855 e. The molecule has 1 unspecified atom stereocenters. The Labute approximate surface area is 85.5 Å². The molecule has 74 valence electrons. The minimum atomic E-state index is -0.0875. The van der Waals surface area contributed by atoms with Crippen LogP contribution in [0.25, 0.3) is 0 Å². The van der Waals surface area contributed by atoms with Gasteiger partial charge in [-0.2, -0.15) is 0 Å². The fourth-order valence-corrected chi connectivity index (χ4v) is 1.41. The van der Waals surface area contributed by atoms with Crippen molar-refractivity contribution in [1.82, 2.24) is 5.43 Å². The Hall–Kier alpha value is -1.30. The fourth-order valence-electron chi connectivity index (χ4n) is 1.41. The summed E-state index contributed by atoms with van der Waals surface area (Å²) in [5, 5.41) is 0. The molecule has 2 heteroatoms. The standard InChI is InChI=1S/C12H16N2/c1-4-12(14-13)8-11-7-9(2)5-6-10(11)3/h1,5-7,12,14H,8,13H2,2-3H3.